The van der Waals surface area contributed by atoms with Crippen LogP contribution in [0.5, 0.6) is 0 Å². The molecule has 1 fully saturated rings. The summed E-state index contributed by atoms with van der Waals surface area (Å²) in [6.07, 6.45) is 3.80. The first-order valence-corrected chi connectivity index (χ1v) is 7.04. The second-order valence-electron chi connectivity index (χ2n) is 4.90. The van der Waals surface area contributed by atoms with Crippen LogP contribution in [-0.2, 0) is 11.3 Å². The van der Waals surface area contributed by atoms with Crippen LogP contribution in [0.1, 0.15) is 5.56 Å². The lowest BCUT2D eigenvalue weighted by Crippen LogP contribution is -2.44. The van der Waals surface area contributed by atoms with Crippen LogP contribution < -0.4 is 5.73 Å². The highest BCUT2D eigenvalue weighted by molar-refractivity contribution is 14.0. The number of hydrogen-bond donors (Lipinski definition) is 1. The number of aromatic nitrogens is 2. The number of rotatable bonds is 3. The minimum absolute atomic E-state index is 0. The average molecular weight is 413 g/mol. The fourth-order valence-electron chi connectivity index (χ4n) is 2.23. The van der Waals surface area contributed by atoms with Crippen molar-refractivity contribution in [2.24, 2.45) is 10.7 Å². The van der Waals surface area contributed by atoms with Crippen LogP contribution in [0.3, 0.4) is 0 Å². The minimum atomic E-state index is 0. The van der Waals surface area contributed by atoms with Gasteiger partial charge in [0.25, 0.3) is 0 Å². The van der Waals surface area contributed by atoms with E-state index in [2.05, 4.69) is 10.1 Å². The molecule has 1 aromatic heterocycles. The van der Waals surface area contributed by atoms with E-state index in [-0.39, 0.29) is 24.0 Å². The molecule has 0 saturated carbocycles. The molecule has 0 bridgehead atoms. The summed E-state index contributed by atoms with van der Waals surface area (Å²) in [4.78, 5) is 6.48. The Kier molecular flexibility index (Phi) is 6.20. The maximum absolute atomic E-state index is 6.01. The van der Waals surface area contributed by atoms with Crippen molar-refractivity contribution in [3.05, 3.63) is 48.3 Å². The molecule has 22 heavy (non-hydrogen) atoms. The maximum Gasteiger partial charge on any atom is 0.191 e. The van der Waals surface area contributed by atoms with Crippen molar-refractivity contribution in [1.29, 1.82) is 0 Å². The lowest BCUT2D eigenvalue weighted by Gasteiger charge is -2.27. The third-order valence-electron chi connectivity index (χ3n) is 3.42. The molecule has 2 heterocycles. The first-order valence-electron chi connectivity index (χ1n) is 7.04. The van der Waals surface area contributed by atoms with Crippen LogP contribution in [0.2, 0.25) is 0 Å². The van der Waals surface area contributed by atoms with Gasteiger partial charge in [0.2, 0.25) is 0 Å². The molecular formula is C15H20IN5O. The number of aliphatic imine (C=N–C) groups is 1. The average Bonchev–Trinajstić information content (AvgIpc) is 3.03. The predicted octanol–water partition coefficient (Wildman–Crippen LogP) is 1.64. The number of nitrogens with zero attached hydrogens (tertiary/aromatic N) is 4. The van der Waals surface area contributed by atoms with E-state index in [1.807, 2.05) is 52.3 Å². The topological polar surface area (TPSA) is 68.7 Å². The van der Waals surface area contributed by atoms with Crippen LogP contribution in [0.4, 0.5) is 0 Å². The van der Waals surface area contributed by atoms with E-state index in [1.54, 1.807) is 0 Å². The number of para-hydroxylation sites is 1. The number of benzene rings is 1. The van der Waals surface area contributed by atoms with E-state index >= 15 is 0 Å². The van der Waals surface area contributed by atoms with Crippen molar-refractivity contribution in [2.75, 3.05) is 26.3 Å². The van der Waals surface area contributed by atoms with E-state index in [0.717, 1.165) is 24.3 Å². The van der Waals surface area contributed by atoms with Gasteiger partial charge in [-0.2, -0.15) is 5.10 Å². The summed E-state index contributed by atoms with van der Waals surface area (Å²) in [5.74, 6) is 0.575. The van der Waals surface area contributed by atoms with Gasteiger partial charge in [-0.15, -0.1) is 24.0 Å². The van der Waals surface area contributed by atoms with Gasteiger partial charge >= 0.3 is 0 Å². The van der Waals surface area contributed by atoms with Crippen molar-refractivity contribution < 1.29 is 4.74 Å². The molecule has 1 aromatic carbocycles. The Labute approximate surface area is 147 Å². The van der Waals surface area contributed by atoms with Crippen LogP contribution in [0, 0.1) is 0 Å². The van der Waals surface area contributed by atoms with E-state index in [0.29, 0.717) is 25.7 Å². The molecule has 0 radical (unpaired) electrons. The lowest BCUT2D eigenvalue weighted by molar-refractivity contribution is 0.0674. The van der Waals surface area contributed by atoms with Gasteiger partial charge in [0.1, 0.15) is 0 Å². The lowest BCUT2D eigenvalue weighted by atomic mass is 10.3. The molecule has 0 unspecified atom stereocenters. The van der Waals surface area contributed by atoms with Gasteiger partial charge in [-0.1, -0.05) is 18.2 Å². The zero-order chi connectivity index (χ0) is 14.5. The molecule has 0 atom stereocenters. The third kappa shape index (κ3) is 4.20. The maximum atomic E-state index is 6.01. The fraction of sp³-hybridized carbons (Fsp3) is 0.333. The molecular weight excluding hydrogens is 393 g/mol. The molecule has 1 saturated heterocycles. The van der Waals surface area contributed by atoms with Crippen molar-refractivity contribution in [3.63, 3.8) is 0 Å². The van der Waals surface area contributed by atoms with E-state index in [1.165, 1.54) is 0 Å². The molecule has 2 N–H and O–H groups in total. The molecule has 2 aromatic rings. The van der Waals surface area contributed by atoms with Gasteiger partial charge in [-0.3, -0.25) is 0 Å². The molecule has 118 valence electrons. The zero-order valence-electron chi connectivity index (χ0n) is 12.3. The highest BCUT2D eigenvalue weighted by Crippen LogP contribution is 2.08. The standard InChI is InChI=1S/C15H19N5O.HI/c16-15(19-6-8-21-9-7-19)17-10-13-11-18-20(12-13)14-4-2-1-3-5-14;/h1-5,11-12H,6-10H2,(H2,16,17);1H. The van der Waals surface area contributed by atoms with Crippen molar-refractivity contribution >= 4 is 29.9 Å². The van der Waals surface area contributed by atoms with Gasteiger partial charge in [0.05, 0.1) is 31.6 Å². The van der Waals surface area contributed by atoms with Gasteiger partial charge < -0.3 is 15.4 Å². The Balaban J connectivity index is 0.00000176. The third-order valence-corrected chi connectivity index (χ3v) is 3.42. The number of guanidine groups is 1. The van der Waals surface area contributed by atoms with Gasteiger partial charge in [-0.25, -0.2) is 9.67 Å². The highest BCUT2D eigenvalue weighted by atomic mass is 127. The zero-order valence-corrected chi connectivity index (χ0v) is 14.6. The van der Waals surface area contributed by atoms with Crippen LogP contribution in [-0.4, -0.2) is 46.9 Å². The summed E-state index contributed by atoms with van der Waals surface area (Å²) in [6.45, 7) is 3.57. The summed E-state index contributed by atoms with van der Waals surface area (Å²) in [7, 11) is 0. The van der Waals surface area contributed by atoms with Crippen molar-refractivity contribution in [2.45, 2.75) is 6.54 Å². The van der Waals surface area contributed by atoms with Gasteiger partial charge in [-0.05, 0) is 12.1 Å². The van der Waals surface area contributed by atoms with Crippen molar-refractivity contribution in [3.8, 4) is 5.69 Å². The number of nitrogens with two attached hydrogens (primary N) is 1. The molecule has 1 aliphatic rings. The first-order chi connectivity index (χ1) is 10.3. The van der Waals surface area contributed by atoms with Gasteiger partial charge in [0.15, 0.2) is 5.96 Å². The van der Waals surface area contributed by atoms with Crippen LogP contribution in [0.15, 0.2) is 47.7 Å². The summed E-state index contributed by atoms with van der Waals surface area (Å²) in [6, 6.07) is 10.0. The monoisotopic (exact) mass is 413 g/mol. The number of halogens is 1. The Bertz CT molecular complexity index is 607. The molecule has 6 nitrogen and oxygen atoms in total. The smallest absolute Gasteiger partial charge is 0.191 e. The van der Waals surface area contributed by atoms with E-state index in [4.69, 9.17) is 10.5 Å². The molecule has 0 aliphatic carbocycles. The number of hydrogen-bond acceptors (Lipinski definition) is 3. The second-order valence-corrected chi connectivity index (χ2v) is 4.90. The first kappa shape index (κ1) is 16.8. The normalized spacial score (nSPS) is 15.5. The molecule has 3 rings (SSSR count). The summed E-state index contributed by atoms with van der Waals surface area (Å²) in [5, 5.41) is 4.35. The number of ether oxygens (including phenoxy) is 1. The molecule has 1 aliphatic heterocycles. The Morgan fingerprint density at radius 3 is 2.68 bits per heavy atom. The van der Waals surface area contributed by atoms with Crippen molar-refractivity contribution in [1.82, 2.24) is 14.7 Å². The summed E-state index contributed by atoms with van der Waals surface area (Å²) in [5.41, 5.74) is 8.08. The SMILES string of the molecule is I.NC(=NCc1cnn(-c2ccccc2)c1)N1CCOCC1. The molecule has 0 amide bonds. The number of morpholine rings is 1. The van der Waals surface area contributed by atoms with Crippen LogP contribution in [0.25, 0.3) is 5.69 Å². The Morgan fingerprint density at radius 1 is 1.23 bits per heavy atom. The fourth-order valence-corrected chi connectivity index (χ4v) is 2.23. The summed E-state index contributed by atoms with van der Waals surface area (Å²) >= 11 is 0. The summed E-state index contributed by atoms with van der Waals surface area (Å²) < 4.78 is 7.14. The van der Waals surface area contributed by atoms with Gasteiger partial charge in [0, 0.05) is 24.8 Å². The van der Waals surface area contributed by atoms with E-state index < -0.39 is 0 Å². The van der Waals surface area contributed by atoms with E-state index in [9.17, 15) is 0 Å². The molecule has 0 spiro atoms. The molecule has 7 heteroatoms. The Hall–Kier alpha value is -1.61. The quantitative estimate of drug-likeness (QED) is 0.472. The minimum Gasteiger partial charge on any atom is -0.378 e. The van der Waals surface area contributed by atoms with Crippen LogP contribution >= 0.6 is 24.0 Å². The predicted molar refractivity (Wildman–Crippen MR) is 96.7 cm³/mol. The second kappa shape index (κ2) is 8.14. The Morgan fingerprint density at radius 2 is 1.95 bits per heavy atom. The largest absolute Gasteiger partial charge is 0.378 e. The highest BCUT2D eigenvalue weighted by Gasteiger charge is 2.12.